The summed E-state index contributed by atoms with van der Waals surface area (Å²) in [5, 5.41) is 4.79. The number of rotatable bonds is 5. The molecule has 0 atom stereocenters. The molecular formula is C42H28N4S. The highest BCUT2D eigenvalue weighted by atomic mass is 32.1. The van der Waals surface area contributed by atoms with Crippen molar-refractivity contribution in [2.45, 2.75) is 6.92 Å². The molecule has 47 heavy (non-hydrogen) atoms. The molecular weight excluding hydrogens is 593 g/mol. The third-order valence-electron chi connectivity index (χ3n) is 8.76. The number of fused-ring (bicyclic) bond motifs is 7. The molecule has 0 aliphatic heterocycles. The van der Waals surface area contributed by atoms with Crippen LogP contribution in [-0.4, -0.2) is 19.5 Å². The standard InChI is InChI=1S/C42H28N4S/c1-2-13-28-20-12-21-33-37-36(47-39(28)33)25-23-32-34-26-31(27-14-6-3-7-15-27)22-24-35(34)46(38(32)37)42-44-40(29-16-8-4-9-17-29)43-41(45-42)30-18-10-5-11-19-30/h2-26H,1H3. The maximum atomic E-state index is 5.20. The number of aromatic nitrogens is 4. The highest BCUT2D eigenvalue weighted by Crippen LogP contribution is 2.44. The minimum absolute atomic E-state index is 0.599. The van der Waals surface area contributed by atoms with E-state index in [1.54, 1.807) is 0 Å². The quantitative estimate of drug-likeness (QED) is 0.192. The lowest BCUT2D eigenvalue weighted by Crippen LogP contribution is -2.06. The number of hydrogen-bond acceptors (Lipinski definition) is 4. The molecule has 0 bridgehead atoms. The predicted molar refractivity (Wildman–Crippen MR) is 198 cm³/mol. The molecule has 0 amide bonds. The first kappa shape index (κ1) is 27.4. The molecule has 0 N–H and O–H groups in total. The van der Waals surface area contributed by atoms with Gasteiger partial charge in [-0.15, -0.1) is 11.3 Å². The van der Waals surface area contributed by atoms with Gasteiger partial charge in [0.2, 0.25) is 5.95 Å². The second kappa shape index (κ2) is 11.2. The van der Waals surface area contributed by atoms with Gasteiger partial charge in [0.15, 0.2) is 11.6 Å². The lowest BCUT2D eigenvalue weighted by molar-refractivity contribution is 0.955. The minimum atomic E-state index is 0.599. The SMILES string of the molecule is CC=Cc1cccc2c1sc1ccc3c4cc(-c5ccccc5)ccc4n(-c4nc(-c5ccccc5)nc(-c5ccccc5)n4)c3c12. The molecule has 0 unspecified atom stereocenters. The lowest BCUT2D eigenvalue weighted by Gasteiger charge is -2.11. The Kier molecular flexibility index (Phi) is 6.51. The molecule has 9 rings (SSSR count). The van der Waals surface area contributed by atoms with E-state index in [1.807, 2.05) is 47.7 Å². The molecule has 0 fully saturated rings. The Morgan fingerprint density at radius 3 is 1.87 bits per heavy atom. The van der Waals surface area contributed by atoms with Crippen LogP contribution in [0, 0.1) is 0 Å². The van der Waals surface area contributed by atoms with Crippen LogP contribution in [0.5, 0.6) is 0 Å². The van der Waals surface area contributed by atoms with E-state index in [4.69, 9.17) is 15.0 Å². The van der Waals surface area contributed by atoms with Crippen LogP contribution in [0.3, 0.4) is 0 Å². The van der Waals surface area contributed by atoms with E-state index in [9.17, 15) is 0 Å². The number of hydrogen-bond donors (Lipinski definition) is 0. The smallest absolute Gasteiger partial charge is 0.238 e. The Labute approximate surface area is 276 Å². The summed E-state index contributed by atoms with van der Waals surface area (Å²) in [5.41, 5.74) is 7.65. The van der Waals surface area contributed by atoms with Crippen molar-refractivity contribution in [1.82, 2.24) is 19.5 Å². The highest BCUT2D eigenvalue weighted by molar-refractivity contribution is 7.26. The van der Waals surface area contributed by atoms with Crippen molar-refractivity contribution in [3.05, 3.63) is 151 Å². The van der Waals surface area contributed by atoms with E-state index in [-0.39, 0.29) is 0 Å². The first-order valence-electron chi connectivity index (χ1n) is 15.7. The van der Waals surface area contributed by atoms with Crippen LogP contribution in [0.2, 0.25) is 0 Å². The number of allylic oxidation sites excluding steroid dienone is 1. The fourth-order valence-corrected chi connectivity index (χ4v) is 7.84. The Balaban J connectivity index is 1.44. The molecule has 9 aromatic rings. The maximum absolute atomic E-state index is 5.20. The molecule has 222 valence electrons. The Morgan fingerprint density at radius 1 is 0.553 bits per heavy atom. The van der Waals surface area contributed by atoms with Crippen LogP contribution >= 0.6 is 11.3 Å². The van der Waals surface area contributed by atoms with Gasteiger partial charge in [0, 0.05) is 42.1 Å². The topological polar surface area (TPSA) is 43.6 Å². The zero-order valence-electron chi connectivity index (χ0n) is 25.6. The molecule has 0 aliphatic rings. The van der Waals surface area contributed by atoms with Crippen molar-refractivity contribution < 1.29 is 0 Å². The molecule has 0 saturated heterocycles. The first-order valence-corrected chi connectivity index (χ1v) is 16.6. The molecule has 3 heterocycles. The van der Waals surface area contributed by atoms with E-state index < -0.39 is 0 Å². The summed E-state index contributed by atoms with van der Waals surface area (Å²) in [6.45, 7) is 2.07. The van der Waals surface area contributed by atoms with Crippen molar-refractivity contribution in [3.8, 4) is 39.9 Å². The first-order chi connectivity index (χ1) is 23.3. The zero-order chi connectivity index (χ0) is 31.3. The van der Waals surface area contributed by atoms with Crippen molar-refractivity contribution in [1.29, 1.82) is 0 Å². The Morgan fingerprint density at radius 2 is 1.21 bits per heavy atom. The van der Waals surface area contributed by atoms with Crippen LogP contribution in [0.4, 0.5) is 0 Å². The fraction of sp³-hybridized carbons (Fsp3) is 0.0238. The number of thiophene rings is 1. The summed E-state index contributed by atoms with van der Waals surface area (Å²) in [4.78, 5) is 15.4. The van der Waals surface area contributed by atoms with Gasteiger partial charge in [-0.05, 0) is 41.8 Å². The van der Waals surface area contributed by atoms with Gasteiger partial charge in [-0.25, -0.2) is 4.98 Å². The van der Waals surface area contributed by atoms with Gasteiger partial charge in [-0.3, -0.25) is 4.57 Å². The molecule has 0 spiro atoms. The van der Waals surface area contributed by atoms with Crippen LogP contribution < -0.4 is 0 Å². The van der Waals surface area contributed by atoms with E-state index in [0.29, 0.717) is 17.6 Å². The van der Waals surface area contributed by atoms with Crippen LogP contribution in [-0.2, 0) is 0 Å². The fourth-order valence-electron chi connectivity index (χ4n) is 6.64. The largest absolute Gasteiger partial charge is 0.277 e. The summed E-state index contributed by atoms with van der Waals surface area (Å²) < 4.78 is 4.77. The summed E-state index contributed by atoms with van der Waals surface area (Å²) in [6.07, 6.45) is 4.30. The van der Waals surface area contributed by atoms with Gasteiger partial charge in [-0.1, -0.05) is 133 Å². The second-order valence-corrected chi connectivity index (χ2v) is 12.7. The van der Waals surface area contributed by atoms with E-state index in [0.717, 1.165) is 27.5 Å². The third-order valence-corrected chi connectivity index (χ3v) is 9.98. The van der Waals surface area contributed by atoms with Gasteiger partial charge < -0.3 is 0 Å². The van der Waals surface area contributed by atoms with Crippen molar-refractivity contribution >= 4 is 59.4 Å². The normalized spacial score (nSPS) is 11.9. The predicted octanol–water partition coefficient (Wildman–Crippen LogP) is 11.4. The Hall–Kier alpha value is -5.91. The van der Waals surface area contributed by atoms with E-state index in [2.05, 4.69) is 127 Å². The van der Waals surface area contributed by atoms with Crippen LogP contribution in [0.1, 0.15) is 12.5 Å². The molecule has 6 aromatic carbocycles. The molecule has 3 aromatic heterocycles. The molecule has 0 aliphatic carbocycles. The van der Waals surface area contributed by atoms with Gasteiger partial charge in [0.05, 0.1) is 11.0 Å². The third kappa shape index (κ3) is 4.55. The lowest BCUT2D eigenvalue weighted by atomic mass is 10.0. The van der Waals surface area contributed by atoms with Crippen LogP contribution in [0.25, 0.3) is 87.9 Å². The van der Waals surface area contributed by atoms with Gasteiger partial charge in [0.25, 0.3) is 0 Å². The number of benzene rings is 6. The molecule has 0 radical (unpaired) electrons. The van der Waals surface area contributed by atoms with Crippen molar-refractivity contribution in [2.24, 2.45) is 0 Å². The minimum Gasteiger partial charge on any atom is -0.277 e. The van der Waals surface area contributed by atoms with E-state index in [1.165, 1.54) is 42.2 Å². The summed E-state index contributed by atoms with van der Waals surface area (Å²) in [6, 6.07) is 48.8. The Bertz CT molecular complexity index is 2560. The van der Waals surface area contributed by atoms with Gasteiger partial charge in [-0.2, -0.15) is 9.97 Å². The summed E-state index contributed by atoms with van der Waals surface area (Å²) in [5.74, 6) is 1.88. The molecule has 4 nitrogen and oxygen atoms in total. The average molecular weight is 621 g/mol. The van der Waals surface area contributed by atoms with Gasteiger partial charge >= 0.3 is 0 Å². The monoisotopic (exact) mass is 620 g/mol. The zero-order valence-corrected chi connectivity index (χ0v) is 26.4. The van der Waals surface area contributed by atoms with Crippen molar-refractivity contribution in [2.75, 3.05) is 0 Å². The molecule has 0 saturated carbocycles. The second-order valence-electron chi connectivity index (χ2n) is 11.6. The van der Waals surface area contributed by atoms with Crippen molar-refractivity contribution in [3.63, 3.8) is 0 Å². The summed E-state index contributed by atoms with van der Waals surface area (Å²) in [7, 11) is 0. The molecule has 5 heteroatoms. The maximum Gasteiger partial charge on any atom is 0.238 e. The average Bonchev–Trinajstić information content (AvgIpc) is 3.69. The summed E-state index contributed by atoms with van der Waals surface area (Å²) >= 11 is 1.84. The number of nitrogens with zero attached hydrogens (tertiary/aromatic N) is 4. The van der Waals surface area contributed by atoms with Crippen LogP contribution in [0.15, 0.2) is 146 Å². The van der Waals surface area contributed by atoms with E-state index >= 15 is 0 Å². The highest BCUT2D eigenvalue weighted by Gasteiger charge is 2.22. The van der Waals surface area contributed by atoms with Gasteiger partial charge in [0.1, 0.15) is 0 Å².